The van der Waals surface area contributed by atoms with E-state index in [1.54, 1.807) is 7.11 Å². The summed E-state index contributed by atoms with van der Waals surface area (Å²) >= 11 is 6.05. The first kappa shape index (κ1) is 15.7. The van der Waals surface area contributed by atoms with Crippen molar-refractivity contribution >= 4 is 17.3 Å². The molecule has 2 nitrogen and oxygen atoms in total. The number of methoxy groups -OCH3 is 1. The van der Waals surface area contributed by atoms with Crippen molar-refractivity contribution in [1.29, 1.82) is 0 Å². The van der Waals surface area contributed by atoms with E-state index >= 15 is 0 Å². The van der Waals surface area contributed by atoms with Gasteiger partial charge in [-0.2, -0.15) is 0 Å². The fourth-order valence-corrected chi connectivity index (χ4v) is 2.63. The molecule has 0 bridgehead atoms. The summed E-state index contributed by atoms with van der Waals surface area (Å²) in [6.07, 6.45) is 0. The first-order chi connectivity index (χ1) is 10.1. The fraction of sp³-hybridized carbons (Fsp3) is 0.333. The van der Waals surface area contributed by atoms with Gasteiger partial charge in [-0.3, -0.25) is 0 Å². The number of rotatable bonds is 6. The summed E-state index contributed by atoms with van der Waals surface area (Å²) in [7, 11) is 1.63. The van der Waals surface area contributed by atoms with Crippen LogP contribution in [0.15, 0.2) is 48.5 Å². The molecule has 0 aliphatic rings. The van der Waals surface area contributed by atoms with Crippen molar-refractivity contribution in [2.45, 2.75) is 19.8 Å². The summed E-state index contributed by atoms with van der Waals surface area (Å²) in [6, 6.07) is 16.4. The third-order valence-corrected chi connectivity index (χ3v) is 4.02. The summed E-state index contributed by atoms with van der Waals surface area (Å²) in [5.74, 6) is 1.73. The van der Waals surface area contributed by atoms with E-state index in [0.717, 1.165) is 12.2 Å². The Morgan fingerprint density at radius 3 is 2.43 bits per heavy atom. The molecule has 2 aromatic carbocycles. The zero-order chi connectivity index (χ0) is 15.2. The minimum Gasteiger partial charge on any atom is -0.495 e. The highest BCUT2D eigenvalue weighted by atomic mass is 35.5. The smallest absolute Gasteiger partial charge is 0.139 e. The number of anilines is 1. The van der Waals surface area contributed by atoms with Gasteiger partial charge in [0, 0.05) is 24.2 Å². The first-order valence-electron chi connectivity index (χ1n) is 7.24. The van der Waals surface area contributed by atoms with E-state index in [0.29, 0.717) is 22.6 Å². The van der Waals surface area contributed by atoms with Gasteiger partial charge in [-0.25, -0.2) is 0 Å². The van der Waals surface area contributed by atoms with Crippen LogP contribution in [-0.4, -0.2) is 13.7 Å². The van der Waals surface area contributed by atoms with Crippen molar-refractivity contribution < 1.29 is 4.74 Å². The molecule has 112 valence electrons. The topological polar surface area (TPSA) is 21.3 Å². The number of nitrogens with one attached hydrogen (secondary N) is 1. The first-order valence-corrected chi connectivity index (χ1v) is 7.62. The van der Waals surface area contributed by atoms with E-state index in [1.807, 2.05) is 18.2 Å². The van der Waals surface area contributed by atoms with Gasteiger partial charge in [0.25, 0.3) is 0 Å². The van der Waals surface area contributed by atoms with E-state index < -0.39 is 0 Å². The zero-order valence-electron chi connectivity index (χ0n) is 12.8. The van der Waals surface area contributed by atoms with E-state index in [1.165, 1.54) is 5.56 Å². The monoisotopic (exact) mass is 303 g/mol. The van der Waals surface area contributed by atoms with Crippen LogP contribution in [0.25, 0.3) is 0 Å². The molecular formula is C18H22ClNO. The number of halogens is 1. The van der Waals surface area contributed by atoms with Crippen LogP contribution in [0.3, 0.4) is 0 Å². The number of hydrogen-bond donors (Lipinski definition) is 1. The van der Waals surface area contributed by atoms with Crippen LogP contribution in [0.2, 0.25) is 5.02 Å². The van der Waals surface area contributed by atoms with Gasteiger partial charge < -0.3 is 10.1 Å². The van der Waals surface area contributed by atoms with Gasteiger partial charge in [-0.15, -0.1) is 0 Å². The Morgan fingerprint density at radius 1 is 1.10 bits per heavy atom. The summed E-state index contributed by atoms with van der Waals surface area (Å²) in [5.41, 5.74) is 2.39. The fourth-order valence-electron chi connectivity index (χ4n) is 2.44. The summed E-state index contributed by atoms with van der Waals surface area (Å²) < 4.78 is 5.25. The highest BCUT2D eigenvalue weighted by molar-refractivity contribution is 6.32. The van der Waals surface area contributed by atoms with Crippen LogP contribution < -0.4 is 10.1 Å². The second-order valence-electron chi connectivity index (χ2n) is 5.49. The lowest BCUT2D eigenvalue weighted by molar-refractivity contribution is 0.415. The average Bonchev–Trinajstić information content (AvgIpc) is 2.49. The molecule has 0 aromatic heterocycles. The highest BCUT2D eigenvalue weighted by Crippen LogP contribution is 2.29. The Labute approximate surface area is 132 Å². The minimum absolute atomic E-state index is 0.466. The third-order valence-electron chi connectivity index (χ3n) is 3.71. The lowest BCUT2D eigenvalue weighted by Crippen LogP contribution is -2.17. The molecule has 0 radical (unpaired) electrons. The van der Waals surface area contributed by atoms with Gasteiger partial charge in [0.1, 0.15) is 5.75 Å². The average molecular weight is 304 g/mol. The maximum absolute atomic E-state index is 6.05. The minimum atomic E-state index is 0.466. The molecule has 0 saturated carbocycles. The number of ether oxygens (including phenoxy) is 1. The van der Waals surface area contributed by atoms with Gasteiger partial charge in [0.05, 0.1) is 12.1 Å². The summed E-state index contributed by atoms with van der Waals surface area (Å²) in [4.78, 5) is 0. The third kappa shape index (κ3) is 4.15. The van der Waals surface area contributed by atoms with Crippen molar-refractivity contribution in [3.8, 4) is 5.75 Å². The second-order valence-corrected chi connectivity index (χ2v) is 5.90. The van der Waals surface area contributed by atoms with Gasteiger partial charge in [-0.05, 0) is 23.6 Å². The molecule has 3 heteroatoms. The molecule has 1 N–H and O–H groups in total. The Hall–Kier alpha value is -1.67. The molecular weight excluding hydrogens is 282 g/mol. The Morgan fingerprint density at radius 2 is 1.81 bits per heavy atom. The highest BCUT2D eigenvalue weighted by Gasteiger charge is 2.15. The predicted octanol–water partition coefficient (Wildman–Crippen LogP) is 5.20. The van der Waals surface area contributed by atoms with Crippen molar-refractivity contribution in [1.82, 2.24) is 0 Å². The van der Waals surface area contributed by atoms with Crippen molar-refractivity contribution in [2.75, 3.05) is 19.0 Å². The van der Waals surface area contributed by atoms with Gasteiger partial charge >= 0.3 is 0 Å². The van der Waals surface area contributed by atoms with E-state index in [9.17, 15) is 0 Å². The quantitative estimate of drug-likeness (QED) is 0.792. The largest absolute Gasteiger partial charge is 0.495 e. The van der Waals surface area contributed by atoms with Crippen LogP contribution in [-0.2, 0) is 0 Å². The van der Waals surface area contributed by atoms with E-state index in [-0.39, 0.29) is 0 Å². The molecule has 0 aliphatic carbocycles. The molecule has 0 amide bonds. The van der Waals surface area contributed by atoms with Crippen LogP contribution >= 0.6 is 11.6 Å². The molecule has 0 spiro atoms. The van der Waals surface area contributed by atoms with Crippen LogP contribution in [0.5, 0.6) is 5.75 Å². The zero-order valence-corrected chi connectivity index (χ0v) is 13.5. The molecule has 21 heavy (non-hydrogen) atoms. The predicted molar refractivity (Wildman–Crippen MR) is 90.5 cm³/mol. The maximum atomic E-state index is 6.05. The van der Waals surface area contributed by atoms with Crippen molar-refractivity contribution in [3.63, 3.8) is 0 Å². The Balaban J connectivity index is 2.09. The Bertz CT molecular complexity index is 569. The van der Waals surface area contributed by atoms with Crippen molar-refractivity contribution in [3.05, 3.63) is 59.1 Å². The molecule has 0 fully saturated rings. The summed E-state index contributed by atoms with van der Waals surface area (Å²) in [5, 5.41) is 4.12. The van der Waals surface area contributed by atoms with E-state index in [4.69, 9.17) is 16.3 Å². The Kier molecular flexibility index (Phi) is 5.51. The van der Waals surface area contributed by atoms with Gasteiger partial charge in [0.2, 0.25) is 0 Å². The van der Waals surface area contributed by atoms with E-state index in [2.05, 4.69) is 49.5 Å². The molecule has 0 aliphatic heterocycles. The molecule has 1 atom stereocenters. The number of benzene rings is 2. The van der Waals surface area contributed by atoms with Crippen LogP contribution in [0.4, 0.5) is 5.69 Å². The molecule has 0 saturated heterocycles. The lowest BCUT2D eigenvalue weighted by Gasteiger charge is -2.22. The van der Waals surface area contributed by atoms with Crippen LogP contribution in [0.1, 0.15) is 25.3 Å². The SMILES string of the molecule is COc1cc(NCC(c2ccccc2)C(C)C)ccc1Cl. The maximum Gasteiger partial charge on any atom is 0.139 e. The van der Waals surface area contributed by atoms with Crippen molar-refractivity contribution in [2.24, 2.45) is 5.92 Å². The van der Waals surface area contributed by atoms with Gasteiger partial charge in [0.15, 0.2) is 0 Å². The molecule has 2 rings (SSSR count). The second kappa shape index (κ2) is 7.37. The lowest BCUT2D eigenvalue weighted by atomic mass is 9.88. The summed E-state index contributed by atoms with van der Waals surface area (Å²) in [6.45, 7) is 5.38. The molecule has 0 heterocycles. The standard InChI is InChI=1S/C18H22ClNO/c1-13(2)16(14-7-5-4-6-8-14)12-20-15-9-10-17(19)18(11-15)21-3/h4-11,13,16,20H,12H2,1-3H3. The normalized spacial score (nSPS) is 12.2. The number of hydrogen-bond acceptors (Lipinski definition) is 2. The van der Waals surface area contributed by atoms with Crippen LogP contribution in [0, 0.1) is 5.92 Å². The molecule has 1 unspecified atom stereocenters. The molecule has 2 aromatic rings. The van der Waals surface area contributed by atoms with Gasteiger partial charge in [-0.1, -0.05) is 55.8 Å².